The third kappa shape index (κ3) is 5.10. The van der Waals surface area contributed by atoms with E-state index in [-0.39, 0.29) is 18.2 Å². The molecule has 0 saturated carbocycles. The van der Waals surface area contributed by atoms with Gasteiger partial charge in [-0.15, -0.1) is 0 Å². The van der Waals surface area contributed by atoms with Crippen LogP contribution in [0.3, 0.4) is 0 Å². The summed E-state index contributed by atoms with van der Waals surface area (Å²) < 4.78 is 11.2. The molecule has 3 aromatic carbocycles. The van der Waals surface area contributed by atoms with Crippen LogP contribution in [-0.4, -0.2) is 17.9 Å². The number of benzene rings is 3. The van der Waals surface area contributed by atoms with Gasteiger partial charge in [-0.2, -0.15) is 0 Å². The van der Waals surface area contributed by atoms with Crippen molar-refractivity contribution in [3.63, 3.8) is 0 Å². The molecule has 0 aliphatic rings. The van der Waals surface area contributed by atoms with E-state index >= 15 is 0 Å². The fourth-order valence-corrected chi connectivity index (χ4v) is 2.73. The van der Waals surface area contributed by atoms with Crippen LogP contribution < -0.4 is 14.8 Å². The van der Waals surface area contributed by atoms with Crippen LogP contribution >= 0.6 is 0 Å². The molecule has 1 N–H and O–H groups in total. The molecule has 0 fully saturated rings. The van der Waals surface area contributed by atoms with Crippen molar-refractivity contribution in [1.29, 1.82) is 0 Å². The van der Waals surface area contributed by atoms with E-state index in [1.807, 2.05) is 31.2 Å². The lowest BCUT2D eigenvalue weighted by Gasteiger charge is -2.12. The number of carbonyl (C=O) groups excluding carboxylic acids is 1. The van der Waals surface area contributed by atoms with Crippen molar-refractivity contribution in [2.45, 2.75) is 13.5 Å². The predicted octanol–water partition coefficient (Wildman–Crippen LogP) is 4.74. The van der Waals surface area contributed by atoms with Gasteiger partial charge in [0, 0.05) is 28.9 Å². The van der Waals surface area contributed by atoms with Crippen molar-refractivity contribution in [1.82, 2.24) is 0 Å². The number of hydrogen-bond acceptors (Lipinski definition) is 5. The van der Waals surface area contributed by atoms with Gasteiger partial charge in [0.2, 0.25) is 0 Å². The molecule has 0 aliphatic heterocycles. The first kappa shape index (κ1) is 19.9. The fraction of sp³-hybridized carbons (Fsp3) is 0.136. The number of anilines is 1. The van der Waals surface area contributed by atoms with Crippen LogP contribution in [0, 0.1) is 17.0 Å². The molecule has 0 aliphatic carbocycles. The number of aryl methyl sites for hydroxylation is 1. The number of nitro groups is 1. The van der Waals surface area contributed by atoms with Crippen LogP contribution in [0.15, 0.2) is 66.7 Å². The largest absolute Gasteiger partial charge is 0.496 e. The number of nitrogens with zero attached hydrogens (tertiary/aromatic N) is 1. The summed E-state index contributed by atoms with van der Waals surface area (Å²) in [6, 6.07) is 18.4. The van der Waals surface area contributed by atoms with E-state index in [2.05, 4.69) is 5.32 Å². The number of hydrogen-bond donors (Lipinski definition) is 1. The quantitative estimate of drug-likeness (QED) is 0.463. The lowest BCUT2D eigenvalue weighted by Crippen LogP contribution is -2.13. The fourth-order valence-electron chi connectivity index (χ4n) is 2.73. The van der Waals surface area contributed by atoms with Crippen molar-refractivity contribution < 1.29 is 19.2 Å². The second-order valence-electron chi connectivity index (χ2n) is 6.39. The van der Waals surface area contributed by atoms with Crippen molar-refractivity contribution in [3.05, 3.63) is 93.5 Å². The Balaban J connectivity index is 1.76. The minimum absolute atomic E-state index is 0.0929. The van der Waals surface area contributed by atoms with E-state index < -0.39 is 4.92 Å². The second kappa shape index (κ2) is 8.88. The number of nitrogens with one attached hydrogen (secondary N) is 1. The molecule has 148 valence electrons. The maximum atomic E-state index is 12.6. The first-order valence-electron chi connectivity index (χ1n) is 8.88. The SMILES string of the molecule is COc1ccc(C(=O)Nc2cccc([N+](=O)[O-])c2)cc1COc1ccc(C)cc1. The highest BCUT2D eigenvalue weighted by Crippen LogP contribution is 2.24. The third-order valence-electron chi connectivity index (χ3n) is 4.27. The van der Waals surface area contributed by atoms with Gasteiger partial charge in [-0.3, -0.25) is 14.9 Å². The maximum Gasteiger partial charge on any atom is 0.271 e. The molecule has 29 heavy (non-hydrogen) atoms. The van der Waals surface area contributed by atoms with Gasteiger partial charge >= 0.3 is 0 Å². The monoisotopic (exact) mass is 392 g/mol. The van der Waals surface area contributed by atoms with Gasteiger partial charge in [0.1, 0.15) is 18.1 Å². The minimum Gasteiger partial charge on any atom is -0.496 e. The molecular formula is C22H20N2O5. The smallest absolute Gasteiger partial charge is 0.271 e. The van der Waals surface area contributed by atoms with Gasteiger partial charge in [0.25, 0.3) is 11.6 Å². The molecule has 3 rings (SSSR count). The Morgan fingerprint density at radius 1 is 1.07 bits per heavy atom. The second-order valence-corrected chi connectivity index (χ2v) is 6.39. The third-order valence-corrected chi connectivity index (χ3v) is 4.27. The molecule has 3 aromatic rings. The molecule has 0 saturated heterocycles. The Labute approximate surface area is 168 Å². The Bertz CT molecular complexity index is 1030. The molecule has 7 heteroatoms. The minimum atomic E-state index is -0.510. The Hall–Kier alpha value is -3.87. The first-order valence-corrected chi connectivity index (χ1v) is 8.88. The average molecular weight is 392 g/mol. The van der Waals surface area contributed by atoms with Crippen LogP contribution in [-0.2, 0) is 6.61 Å². The molecular weight excluding hydrogens is 372 g/mol. The molecule has 0 aromatic heterocycles. The van der Waals surface area contributed by atoms with Crippen molar-refractivity contribution in [2.24, 2.45) is 0 Å². The molecule has 0 unspecified atom stereocenters. The molecule has 1 amide bonds. The van der Waals surface area contributed by atoms with Crippen molar-refractivity contribution in [2.75, 3.05) is 12.4 Å². The zero-order chi connectivity index (χ0) is 20.8. The van der Waals surface area contributed by atoms with Crippen LogP contribution in [0.25, 0.3) is 0 Å². The van der Waals surface area contributed by atoms with Gasteiger partial charge in [-0.1, -0.05) is 23.8 Å². The number of nitro benzene ring substituents is 1. The summed E-state index contributed by atoms with van der Waals surface area (Å²) in [5, 5.41) is 13.6. The molecule has 0 atom stereocenters. The van der Waals surface area contributed by atoms with E-state index in [9.17, 15) is 14.9 Å². The highest BCUT2D eigenvalue weighted by molar-refractivity contribution is 6.04. The van der Waals surface area contributed by atoms with Crippen LogP contribution in [0.2, 0.25) is 0 Å². The molecule has 7 nitrogen and oxygen atoms in total. The normalized spacial score (nSPS) is 10.3. The Morgan fingerprint density at radius 2 is 1.83 bits per heavy atom. The standard InChI is InChI=1S/C22H20N2O5/c1-15-6-9-20(10-7-15)29-14-17-12-16(8-11-21(17)28-2)22(25)23-18-4-3-5-19(13-18)24(26)27/h3-13H,14H2,1-2H3,(H,23,25). The summed E-state index contributed by atoms with van der Waals surface area (Å²) in [7, 11) is 1.55. The Kier molecular flexibility index (Phi) is 6.09. The van der Waals surface area contributed by atoms with Gasteiger partial charge < -0.3 is 14.8 Å². The number of non-ortho nitro benzene ring substituents is 1. The molecule has 0 spiro atoms. The van der Waals surface area contributed by atoms with Crippen molar-refractivity contribution in [3.8, 4) is 11.5 Å². The zero-order valence-electron chi connectivity index (χ0n) is 16.0. The summed E-state index contributed by atoms with van der Waals surface area (Å²) in [4.78, 5) is 23.0. The summed E-state index contributed by atoms with van der Waals surface area (Å²) in [6.07, 6.45) is 0. The van der Waals surface area contributed by atoms with Gasteiger partial charge in [0.05, 0.1) is 12.0 Å². The highest BCUT2D eigenvalue weighted by atomic mass is 16.6. The van der Waals surface area contributed by atoms with E-state index in [1.54, 1.807) is 31.4 Å². The summed E-state index contributed by atoms with van der Waals surface area (Å²) in [5.74, 6) is 0.929. The van der Waals surface area contributed by atoms with E-state index in [0.717, 1.165) is 5.56 Å². The van der Waals surface area contributed by atoms with E-state index in [1.165, 1.54) is 18.2 Å². The van der Waals surface area contributed by atoms with Crippen molar-refractivity contribution >= 4 is 17.3 Å². The lowest BCUT2D eigenvalue weighted by molar-refractivity contribution is -0.384. The summed E-state index contributed by atoms with van der Waals surface area (Å²) in [5.41, 5.74) is 2.48. The van der Waals surface area contributed by atoms with Gasteiger partial charge in [-0.25, -0.2) is 0 Å². The molecule has 0 heterocycles. The van der Waals surface area contributed by atoms with Crippen LogP contribution in [0.1, 0.15) is 21.5 Å². The molecule has 0 bridgehead atoms. The number of methoxy groups -OCH3 is 1. The highest BCUT2D eigenvalue weighted by Gasteiger charge is 2.13. The average Bonchev–Trinajstić information content (AvgIpc) is 2.73. The van der Waals surface area contributed by atoms with E-state index in [0.29, 0.717) is 28.3 Å². The molecule has 0 radical (unpaired) electrons. The first-order chi connectivity index (χ1) is 14.0. The van der Waals surface area contributed by atoms with Gasteiger partial charge in [-0.05, 0) is 43.3 Å². The van der Waals surface area contributed by atoms with Crippen LogP contribution in [0.5, 0.6) is 11.5 Å². The summed E-state index contributed by atoms with van der Waals surface area (Å²) >= 11 is 0. The maximum absolute atomic E-state index is 12.6. The number of carbonyl (C=O) groups is 1. The summed E-state index contributed by atoms with van der Waals surface area (Å²) in [6.45, 7) is 2.22. The van der Waals surface area contributed by atoms with Crippen LogP contribution in [0.4, 0.5) is 11.4 Å². The lowest BCUT2D eigenvalue weighted by atomic mass is 10.1. The number of amides is 1. The number of ether oxygens (including phenoxy) is 2. The Morgan fingerprint density at radius 3 is 2.52 bits per heavy atom. The predicted molar refractivity (Wildman–Crippen MR) is 110 cm³/mol. The number of rotatable bonds is 7. The van der Waals surface area contributed by atoms with E-state index in [4.69, 9.17) is 9.47 Å². The zero-order valence-corrected chi connectivity index (χ0v) is 16.0. The topological polar surface area (TPSA) is 90.7 Å². The van der Waals surface area contributed by atoms with Gasteiger partial charge in [0.15, 0.2) is 0 Å².